The van der Waals surface area contributed by atoms with Crippen molar-refractivity contribution < 1.29 is 31.9 Å². The molecule has 0 fully saturated rings. The van der Waals surface area contributed by atoms with Crippen LogP contribution in [-0.2, 0) is 18.4 Å². The fourth-order valence-electron chi connectivity index (χ4n) is 5.04. The average molecular weight is 527 g/mol. The summed E-state index contributed by atoms with van der Waals surface area (Å²) in [6.45, 7) is -0.133. The first-order chi connectivity index (χ1) is 18.0. The number of nitriles is 1. The lowest BCUT2D eigenvalue weighted by Gasteiger charge is -2.35. The normalized spacial score (nSPS) is 17.9. The lowest BCUT2D eigenvalue weighted by Crippen LogP contribution is -2.50. The van der Waals surface area contributed by atoms with Crippen molar-refractivity contribution in [3.63, 3.8) is 0 Å². The molecule has 2 N–H and O–H groups in total. The number of aromatic nitrogens is 2. The molecule has 2 aliphatic rings. The second kappa shape index (κ2) is 9.16. The molecule has 0 bridgehead atoms. The summed E-state index contributed by atoms with van der Waals surface area (Å²) in [4.78, 5) is 26.5. The molecule has 196 valence electrons. The molecule has 5 rings (SSSR count). The number of fused-ring (bicyclic) bond motifs is 3. The van der Waals surface area contributed by atoms with Crippen LogP contribution >= 0.6 is 0 Å². The minimum Gasteiger partial charge on any atom is -0.484 e. The zero-order valence-electron chi connectivity index (χ0n) is 20.1. The smallest absolute Gasteiger partial charge is 0.422 e. The van der Waals surface area contributed by atoms with Crippen LogP contribution in [0.15, 0.2) is 36.4 Å². The van der Waals surface area contributed by atoms with Crippen LogP contribution in [0.1, 0.15) is 49.7 Å². The van der Waals surface area contributed by atoms with Gasteiger partial charge >= 0.3 is 6.18 Å². The Morgan fingerprint density at radius 1 is 1.29 bits per heavy atom. The first-order valence-electron chi connectivity index (χ1n) is 11.7. The van der Waals surface area contributed by atoms with Crippen LogP contribution < -0.4 is 15.4 Å². The number of ether oxygens (including phenoxy) is 1. The summed E-state index contributed by atoms with van der Waals surface area (Å²) >= 11 is 0. The van der Waals surface area contributed by atoms with Crippen molar-refractivity contribution in [1.82, 2.24) is 20.4 Å². The van der Waals surface area contributed by atoms with Crippen molar-refractivity contribution in [3.05, 3.63) is 75.9 Å². The third-order valence-corrected chi connectivity index (χ3v) is 6.77. The Labute approximate surface area is 214 Å². The zero-order chi connectivity index (χ0) is 27.2. The maximum Gasteiger partial charge on any atom is 0.422 e. The summed E-state index contributed by atoms with van der Waals surface area (Å²) in [5, 5.41) is 18.8. The van der Waals surface area contributed by atoms with E-state index in [4.69, 9.17) is 10.00 Å². The number of halogens is 4. The van der Waals surface area contributed by atoms with E-state index in [2.05, 4.69) is 15.7 Å². The van der Waals surface area contributed by atoms with Crippen molar-refractivity contribution in [2.24, 2.45) is 0 Å². The van der Waals surface area contributed by atoms with Crippen LogP contribution in [-0.4, -0.2) is 40.9 Å². The number of hydrogen-bond acceptors (Lipinski definition) is 5. The SMILES string of the molecule is Cc1ccc(-n2nc3c(c2C(=O)NCC#N)C(=O)N[C@@]2(CCc4cc(OCC(F)(F)F)ccc42)C3)cc1F. The van der Waals surface area contributed by atoms with E-state index >= 15 is 0 Å². The summed E-state index contributed by atoms with van der Waals surface area (Å²) in [5.41, 5.74) is 1.39. The predicted molar refractivity (Wildman–Crippen MR) is 125 cm³/mol. The van der Waals surface area contributed by atoms with E-state index in [1.807, 2.05) is 0 Å². The van der Waals surface area contributed by atoms with Gasteiger partial charge in [0.15, 0.2) is 6.61 Å². The van der Waals surface area contributed by atoms with Gasteiger partial charge in [0.2, 0.25) is 0 Å². The van der Waals surface area contributed by atoms with Gasteiger partial charge in [0.25, 0.3) is 11.8 Å². The van der Waals surface area contributed by atoms with E-state index in [1.165, 1.54) is 28.9 Å². The third kappa shape index (κ3) is 4.44. The minimum absolute atomic E-state index is 0.0191. The molecule has 1 atom stereocenters. The van der Waals surface area contributed by atoms with Gasteiger partial charge in [0.1, 0.15) is 23.8 Å². The predicted octanol–water partition coefficient (Wildman–Crippen LogP) is 3.64. The number of amides is 2. The van der Waals surface area contributed by atoms with E-state index in [1.54, 1.807) is 25.1 Å². The average Bonchev–Trinajstić information content (AvgIpc) is 3.41. The highest BCUT2D eigenvalue weighted by Crippen LogP contribution is 2.44. The summed E-state index contributed by atoms with van der Waals surface area (Å²) in [7, 11) is 0. The molecule has 1 spiro atoms. The molecular formula is C26H21F4N5O3. The number of carbonyl (C=O) groups excluding carboxylic acids is 2. The van der Waals surface area contributed by atoms with Gasteiger partial charge < -0.3 is 15.4 Å². The van der Waals surface area contributed by atoms with E-state index in [-0.39, 0.29) is 35.7 Å². The van der Waals surface area contributed by atoms with Crippen LogP contribution in [0.25, 0.3) is 5.69 Å². The zero-order valence-corrected chi connectivity index (χ0v) is 20.1. The Kier molecular flexibility index (Phi) is 6.09. The molecule has 0 unspecified atom stereocenters. The van der Waals surface area contributed by atoms with Crippen LogP contribution in [0.3, 0.4) is 0 Å². The van der Waals surface area contributed by atoms with E-state index in [9.17, 15) is 27.2 Å². The van der Waals surface area contributed by atoms with Gasteiger partial charge in [0, 0.05) is 6.42 Å². The van der Waals surface area contributed by atoms with Gasteiger partial charge in [-0.1, -0.05) is 12.1 Å². The van der Waals surface area contributed by atoms with Gasteiger partial charge in [-0.3, -0.25) is 9.59 Å². The second-order valence-electron chi connectivity index (χ2n) is 9.29. The lowest BCUT2D eigenvalue weighted by molar-refractivity contribution is -0.153. The van der Waals surface area contributed by atoms with Crippen molar-refractivity contribution in [2.75, 3.05) is 13.2 Å². The Morgan fingerprint density at radius 2 is 2.08 bits per heavy atom. The number of alkyl halides is 3. The molecule has 1 aliphatic heterocycles. The second-order valence-corrected chi connectivity index (χ2v) is 9.29. The standard InChI is InChI=1S/C26H21F4N5O3/c1-14-2-3-16(11-19(14)27)35-22(24(37)32-9-8-31)21-20(34-35)12-25(33-23(21)36)7-6-15-10-17(4-5-18(15)25)38-13-26(28,29)30/h2-5,10-11H,6-7,9,12-13H2,1H3,(H,32,37)(H,33,36)/t25-/m0/s1. The first kappa shape index (κ1) is 25.3. The Balaban J connectivity index is 1.55. The van der Waals surface area contributed by atoms with E-state index in [0.29, 0.717) is 24.1 Å². The number of benzene rings is 2. The maximum atomic E-state index is 14.4. The Hall–Kier alpha value is -4.40. The van der Waals surface area contributed by atoms with Crippen molar-refractivity contribution >= 4 is 11.8 Å². The third-order valence-electron chi connectivity index (χ3n) is 6.77. The molecule has 1 aromatic heterocycles. The van der Waals surface area contributed by atoms with E-state index in [0.717, 1.165) is 11.1 Å². The number of nitrogens with zero attached hydrogens (tertiary/aromatic N) is 3. The highest BCUT2D eigenvalue weighted by Gasteiger charge is 2.47. The fraction of sp³-hybridized carbons (Fsp3) is 0.308. The van der Waals surface area contributed by atoms with Crippen LogP contribution in [0.5, 0.6) is 5.75 Å². The van der Waals surface area contributed by atoms with Gasteiger partial charge in [-0.05, 0) is 60.7 Å². The quantitative estimate of drug-likeness (QED) is 0.389. The molecule has 3 aromatic rings. The topological polar surface area (TPSA) is 109 Å². The molecule has 2 aromatic carbocycles. The fourth-order valence-corrected chi connectivity index (χ4v) is 5.04. The van der Waals surface area contributed by atoms with Gasteiger partial charge in [-0.2, -0.15) is 23.5 Å². The van der Waals surface area contributed by atoms with Gasteiger partial charge in [0.05, 0.1) is 28.6 Å². The Morgan fingerprint density at radius 3 is 2.79 bits per heavy atom. The van der Waals surface area contributed by atoms with Crippen LogP contribution in [0.4, 0.5) is 17.6 Å². The molecule has 0 radical (unpaired) electrons. The Bertz CT molecular complexity index is 1510. The number of aryl methyl sites for hydroxylation is 2. The minimum atomic E-state index is -4.47. The molecule has 2 amide bonds. The maximum absolute atomic E-state index is 14.4. The highest BCUT2D eigenvalue weighted by molar-refractivity contribution is 6.08. The van der Waals surface area contributed by atoms with E-state index < -0.39 is 36.0 Å². The molecule has 38 heavy (non-hydrogen) atoms. The molecular weight excluding hydrogens is 506 g/mol. The monoisotopic (exact) mass is 527 g/mol. The van der Waals surface area contributed by atoms with Crippen molar-refractivity contribution in [2.45, 2.75) is 37.9 Å². The summed E-state index contributed by atoms with van der Waals surface area (Å²) in [6, 6.07) is 10.7. The number of hydrogen-bond donors (Lipinski definition) is 2. The molecule has 8 nitrogen and oxygen atoms in total. The van der Waals surface area contributed by atoms with Crippen molar-refractivity contribution in [1.29, 1.82) is 5.26 Å². The molecule has 1 aliphatic carbocycles. The van der Waals surface area contributed by atoms with Gasteiger partial charge in [-0.15, -0.1) is 0 Å². The molecule has 2 heterocycles. The highest BCUT2D eigenvalue weighted by atomic mass is 19.4. The van der Waals surface area contributed by atoms with Gasteiger partial charge in [-0.25, -0.2) is 9.07 Å². The number of carbonyl (C=O) groups is 2. The largest absolute Gasteiger partial charge is 0.484 e. The summed E-state index contributed by atoms with van der Waals surface area (Å²) in [5.74, 6) is -1.74. The summed E-state index contributed by atoms with van der Waals surface area (Å²) < 4.78 is 58.1. The lowest BCUT2D eigenvalue weighted by atomic mass is 9.82. The van der Waals surface area contributed by atoms with Crippen LogP contribution in [0, 0.1) is 24.1 Å². The molecule has 0 saturated heterocycles. The number of nitrogens with one attached hydrogen (secondary N) is 2. The first-order valence-corrected chi connectivity index (χ1v) is 11.7. The van der Waals surface area contributed by atoms with Crippen LogP contribution in [0.2, 0.25) is 0 Å². The van der Waals surface area contributed by atoms with Crippen molar-refractivity contribution in [3.8, 4) is 17.5 Å². The summed E-state index contributed by atoms with van der Waals surface area (Å²) in [6.07, 6.45) is -3.33. The molecule has 0 saturated carbocycles. The molecule has 12 heteroatoms. The number of rotatable bonds is 5.